The lowest BCUT2D eigenvalue weighted by molar-refractivity contribution is -0.127. The Bertz CT molecular complexity index is 842. The summed E-state index contributed by atoms with van der Waals surface area (Å²) in [5, 5.41) is 3.40. The van der Waals surface area contributed by atoms with Gasteiger partial charge in [0.15, 0.2) is 11.1 Å². The van der Waals surface area contributed by atoms with E-state index in [1.54, 1.807) is 10.6 Å². The Morgan fingerprint density at radius 2 is 1.96 bits per heavy atom. The van der Waals surface area contributed by atoms with Crippen molar-refractivity contribution in [3.8, 4) is 0 Å². The first kappa shape index (κ1) is 20.3. The molecule has 2 aromatic rings. The largest absolute Gasteiger partial charge is 0.354 e. The number of methoxy groups -OCH3 is 2. The molecule has 1 aromatic carbocycles. The van der Waals surface area contributed by atoms with Crippen LogP contribution in [0, 0.1) is 4.77 Å². The van der Waals surface area contributed by atoms with Crippen LogP contribution in [0.4, 0.5) is 0 Å². The number of rotatable bonds is 10. The summed E-state index contributed by atoms with van der Waals surface area (Å²) < 4.78 is 12.0. The van der Waals surface area contributed by atoms with E-state index < -0.39 is 6.29 Å². The van der Waals surface area contributed by atoms with E-state index >= 15 is 0 Å². The summed E-state index contributed by atoms with van der Waals surface area (Å²) in [4.78, 5) is 27.4. The maximum Gasteiger partial charge on any atom is 0.262 e. The number of nitrogens with one attached hydrogen (secondary N) is 2. The van der Waals surface area contributed by atoms with E-state index in [0.717, 1.165) is 24.8 Å². The fourth-order valence-electron chi connectivity index (χ4n) is 2.68. The second kappa shape index (κ2) is 10.2. The number of unbranched alkanes of at least 4 members (excludes halogenated alkanes) is 2. The Morgan fingerprint density at radius 3 is 2.69 bits per heavy atom. The highest BCUT2D eigenvalue weighted by atomic mass is 32.1. The number of amides is 1. The average molecular weight is 379 g/mol. The van der Waals surface area contributed by atoms with Gasteiger partial charge in [-0.15, -0.1) is 0 Å². The van der Waals surface area contributed by atoms with E-state index in [0.29, 0.717) is 29.7 Å². The first-order chi connectivity index (χ1) is 12.6. The molecule has 0 saturated heterocycles. The van der Waals surface area contributed by atoms with Crippen LogP contribution in [0.1, 0.15) is 25.7 Å². The minimum atomic E-state index is -0.430. The molecule has 142 valence electrons. The van der Waals surface area contributed by atoms with Crippen LogP contribution in [-0.4, -0.2) is 42.5 Å². The fraction of sp³-hybridized carbons (Fsp3) is 0.500. The number of nitrogens with zero attached hydrogens (tertiary/aromatic N) is 1. The molecule has 7 nitrogen and oxygen atoms in total. The van der Waals surface area contributed by atoms with E-state index in [4.69, 9.17) is 21.7 Å². The molecule has 8 heteroatoms. The summed E-state index contributed by atoms with van der Waals surface area (Å²) in [7, 11) is 3.06. The van der Waals surface area contributed by atoms with E-state index in [1.165, 1.54) is 14.2 Å². The number of benzene rings is 1. The summed E-state index contributed by atoms with van der Waals surface area (Å²) in [6.07, 6.45) is 2.36. The van der Waals surface area contributed by atoms with Crippen LogP contribution < -0.4 is 10.9 Å². The summed E-state index contributed by atoms with van der Waals surface area (Å²) >= 11 is 5.29. The van der Waals surface area contributed by atoms with Crippen LogP contribution >= 0.6 is 12.2 Å². The Hall–Kier alpha value is -2.03. The second-order valence-electron chi connectivity index (χ2n) is 5.95. The van der Waals surface area contributed by atoms with Gasteiger partial charge in [0.05, 0.1) is 17.4 Å². The van der Waals surface area contributed by atoms with Crippen molar-refractivity contribution in [3.05, 3.63) is 39.4 Å². The minimum Gasteiger partial charge on any atom is -0.354 e. The molecule has 0 aliphatic heterocycles. The number of H-pyrrole nitrogens is 1. The van der Waals surface area contributed by atoms with Gasteiger partial charge in [-0.05, 0) is 37.2 Å². The second-order valence-corrected chi connectivity index (χ2v) is 6.33. The molecule has 0 aliphatic rings. The zero-order valence-electron chi connectivity index (χ0n) is 15.1. The monoisotopic (exact) mass is 379 g/mol. The molecule has 0 spiro atoms. The van der Waals surface area contributed by atoms with Crippen LogP contribution in [0.3, 0.4) is 0 Å². The van der Waals surface area contributed by atoms with Crippen molar-refractivity contribution in [1.29, 1.82) is 0 Å². The number of aromatic amines is 1. The number of hydrogen-bond acceptors (Lipinski definition) is 5. The van der Waals surface area contributed by atoms with Crippen molar-refractivity contribution in [3.63, 3.8) is 0 Å². The molecule has 26 heavy (non-hydrogen) atoms. The molecule has 1 amide bonds. The number of hydrogen-bond donors (Lipinski definition) is 2. The van der Waals surface area contributed by atoms with Crippen molar-refractivity contribution in [1.82, 2.24) is 14.9 Å². The third-order valence-electron chi connectivity index (χ3n) is 4.17. The van der Waals surface area contributed by atoms with Crippen molar-refractivity contribution in [2.24, 2.45) is 0 Å². The first-order valence-corrected chi connectivity index (χ1v) is 9.01. The van der Waals surface area contributed by atoms with Crippen molar-refractivity contribution in [2.75, 3.05) is 20.8 Å². The average Bonchev–Trinajstić information content (AvgIpc) is 2.64. The van der Waals surface area contributed by atoms with Crippen LogP contribution in [-0.2, 0) is 20.8 Å². The van der Waals surface area contributed by atoms with Gasteiger partial charge < -0.3 is 19.8 Å². The number of carbonyl (C=O) groups is 1. The Labute approximate surface area is 157 Å². The highest BCUT2D eigenvalue weighted by Crippen LogP contribution is 2.07. The number of ether oxygens (including phenoxy) is 2. The highest BCUT2D eigenvalue weighted by Gasteiger charge is 2.08. The molecule has 0 atom stereocenters. The van der Waals surface area contributed by atoms with Gasteiger partial charge in [0.2, 0.25) is 5.91 Å². The third kappa shape index (κ3) is 5.48. The molecule has 1 heterocycles. The lowest BCUT2D eigenvalue weighted by Crippen LogP contribution is -2.33. The molecule has 0 bridgehead atoms. The molecule has 0 fully saturated rings. The molecule has 2 rings (SSSR count). The fourth-order valence-corrected chi connectivity index (χ4v) is 2.97. The molecule has 0 unspecified atom stereocenters. The maximum atomic E-state index is 12.5. The highest BCUT2D eigenvalue weighted by molar-refractivity contribution is 7.71. The lowest BCUT2D eigenvalue weighted by atomic mass is 10.2. The number of fused-ring (bicyclic) bond motifs is 1. The van der Waals surface area contributed by atoms with Crippen molar-refractivity contribution >= 4 is 29.0 Å². The SMILES string of the molecule is COC(CNC(=O)CCCCCn1c(=S)[nH]c2ccccc2c1=O)OC. The quantitative estimate of drug-likeness (QED) is 0.376. The van der Waals surface area contributed by atoms with Crippen molar-refractivity contribution < 1.29 is 14.3 Å². The number of aromatic nitrogens is 2. The van der Waals surface area contributed by atoms with Crippen LogP contribution in [0.15, 0.2) is 29.1 Å². The van der Waals surface area contributed by atoms with Gasteiger partial charge in [-0.2, -0.15) is 0 Å². The van der Waals surface area contributed by atoms with Gasteiger partial charge >= 0.3 is 0 Å². The zero-order chi connectivity index (χ0) is 18.9. The van der Waals surface area contributed by atoms with Gasteiger partial charge in [-0.25, -0.2) is 0 Å². The predicted octanol–water partition coefficient (Wildman–Crippen LogP) is 2.35. The van der Waals surface area contributed by atoms with E-state index in [1.807, 2.05) is 18.2 Å². The third-order valence-corrected chi connectivity index (χ3v) is 4.49. The van der Waals surface area contributed by atoms with Gasteiger partial charge in [0.25, 0.3) is 5.56 Å². The molecule has 0 saturated carbocycles. The van der Waals surface area contributed by atoms with Gasteiger partial charge in [-0.3, -0.25) is 14.2 Å². The molecule has 1 aromatic heterocycles. The van der Waals surface area contributed by atoms with Crippen molar-refractivity contribution in [2.45, 2.75) is 38.5 Å². The smallest absolute Gasteiger partial charge is 0.262 e. The van der Waals surface area contributed by atoms with Gasteiger partial charge in [-0.1, -0.05) is 18.6 Å². The Kier molecular flexibility index (Phi) is 7.96. The summed E-state index contributed by atoms with van der Waals surface area (Å²) in [6.45, 7) is 0.865. The molecule has 2 N–H and O–H groups in total. The predicted molar refractivity (Wildman–Crippen MR) is 103 cm³/mol. The lowest BCUT2D eigenvalue weighted by Gasteiger charge is -2.13. The molecule has 0 aliphatic carbocycles. The Balaban J connectivity index is 1.78. The molecule has 0 radical (unpaired) electrons. The normalized spacial score (nSPS) is 11.2. The first-order valence-electron chi connectivity index (χ1n) is 8.61. The zero-order valence-corrected chi connectivity index (χ0v) is 15.9. The summed E-state index contributed by atoms with van der Waals surface area (Å²) in [5.41, 5.74) is 0.674. The standard InChI is InChI=1S/C18H25N3O4S/c1-24-16(25-2)12-19-15(22)10-4-3-7-11-21-17(23)13-8-5-6-9-14(13)20-18(21)26/h5-6,8-9,16H,3-4,7,10-12H2,1-2H3,(H,19,22)(H,20,26). The van der Waals surface area contributed by atoms with Crippen LogP contribution in [0.25, 0.3) is 10.9 Å². The topological polar surface area (TPSA) is 85.4 Å². The van der Waals surface area contributed by atoms with Crippen LogP contribution in [0.2, 0.25) is 0 Å². The molecular formula is C18H25N3O4S. The van der Waals surface area contributed by atoms with E-state index in [-0.39, 0.29) is 11.5 Å². The van der Waals surface area contributed by atoms with Gasteiger partial charge in [0.1, 0.15) is 0 Å². The minimum absolute atomic E-state index is 0.0377. The van der Waals surface area contributed by atoms with E-state index in [9.17, 15) is 9.59 Å². The van der Waals surface area contributed by atoms with Gasteiger partial charge in [0, 0.05) is 27.2 Å². The Morgan fingerprint density at radius 1 is 1.23 bits per heavy atom. The van der Waals surface area contributed by atoms with E-state index in [2.05, 4.69) is 10.3 Å². The number of carbonyl (C=O) groups excluding carboxylic acids is 1. The summed E-state index contributed by atoms with van der Waals surface area (Å²) in [6, 6.07) is 7.33. The maximum absolute atomic E-state index is 12.5. The van der Waals surface area contributed by atoms with Crippen LogP contribution in [0.5, 0.6) is 0 Å². The number of para-hydroxylation sites is 1. The molecular weight excluding hydrogens is 354 g/mol. The summed E-state index contributed by atoms with van der Waals surface area (Å²) in [5.74, 6) is -0.0377.